The number of hydrogen-bond acceptors (Lipinski definition) is 5. The molecule has 2 atom stereocenters. The van der Waals surface area contributed by atoms with E-state index in [9.17, 15) is 9.59 Å². The number of benzene rings is 1. The topological polar surface area (TPSA) is 107 Å². The van der Waals surface area contributed by atoms with E-state index in [2.05, 4.69) is 45.2 Å². The monoisotopic (exact) mass is 495 g/mol. The molecule has 2 spiro atoms. The van der Waals surface area contributed by atoms with Gasteiger partial charge in [-0.25, -0.2) is 4.98 Å². The first-order valence-electron chi connectivity index (χ1n) is 13.3. The Morgan fingerprint density at radius 2 is 1.89 bits per heavy atom. The van der Waals surface area contributed by atoms with Gasteiger partial charge in [0.1, 0.15) is 11.5 Å². The Labute approximate surface area is 217 Å². The minimum atomic E-state index is -0.718. The van der Waals surface area contributed by atoms with Crippen molar-refractivity contribution in [1.82, 2.24) is 15.6 Å². The molecule has 0 bridgehead atoms. The van der Waals surface area contributed by atoms with Crippen LogP contribution < -0.4 is 16.0 Å². The number of rotatable bonds is 4. The van der Waals surface area contributed by atoms with Crippen molar-refractivity contribution in [3.63, 3.8) is 0 Å². The van der Waals surface area contributed by atoms with Gasteiger partial charge in [-0.1, -0.05) is 36.4 Å². The Kier molecular flexibility index (Phi) is 5.83. The van der Waals surface area contributed by atoms with E-state index in [1.807, 2.05) is 25.1 Å². The first-order chi connectivity index (χ1) is 18.0. The maximum Gasteiger partial charge on any atom is 0.269 e. The zero-order valence-electron chi connectivity index (χ0n) is 21.2. The predicted octanol–water partition coefficient (Wildman–Crippen LogP) is 3.88. The molecular weight excluding hydrogens is 462 g/mol. The molecule has 1 aromatic heterocycles. The van der Waals surface area contributed by atoms with Crippen molar-refractivity contribution < 1.29 is 9.59 Å². The maximum atomic E-state index is 13.0. The molecule has 0 radical (unpaired) electrons. The van der Waals surface area contributed by atoms with E-state index >= 15 is 0 Å². The molecule has 2 unspecified atom stereocenters. The second-order valence-electron chi connectivity index (χ2n) is 10.9. The van der Waals surface area contributed by atoms with Gasteiger partial charge in [0.2, 0.25) is 5.91 Å². The molecule has 6 rings (SSSR count). The molecule has 7 heteroatoms. The first-order valence-corrected chi connectivity index (χ1v) is 13.3. The Bertz CT molecular complexity index is 1350. The van der Waals surface area contributed by atoms with Gasteiger partial charge in [-0.2, -0.15) is 0 Å². The Morgan fingerprint density at radius 1 is 1.14 bits per heavy atom. The van der Waals surface area contributed by atoms with Gasteiger partial charge in [-0.15, -0.1) is 0 Å². The molecule has 4 N–H and O–H groups in total. The van der Waals surface area contributed by atoms with Crippen LogP contribution in [0.5, 0.6) is 0 Å². The first kappa shape index (κ1) is 23.8. The minimum absolute atomic E-state index is 0.0633. The average molecular weight is 496 g/mol. The van der Waals surface area contributed by atoms with Gasteiger partial charge in [0.25, 0.3) is 5.91 Å². The number of piperidine rings is 1. The van der Waals surface area contributed by atoms with Gasteiger partial charge in [0.05, 0.1) is 5.41 Å². The number of nitrogens with one attached hydrogen (secondary N) is 4. The highest BCUT2D eigenvalue weighted by molar-refractivity contribution is 6.42. The van der Waals surface area contributed by atoms with E-state index in [4.69, 9.17) is 5.41 Å². The molecule has 4 aliphatic rings. The molecule has 2 fully saturated rings. The number of amides is 2. The van der Waals surface area contributed by atoms with Gasteiger partial charge in [0, 0.05) is 24.2 Å². The number of anilines is 1. The highest BCUT2D eigenvalue weighted by Crippen LogP contribution is 2.52. The Morgan fingerprint density at radius 3 is 2.70 bits per heavy atom. The predicted molar refractivity (Wildman–Crippen MR) is 144 cm³/mol. The van der Waals surface area contributed by atoms with E-state index in [1.54, 1.807) is 12.3 Å². The number of pyridine rings is 1. The third-order valence-electron chi connectivity index (χ3n) is 8.98. The van der Waals surface area contributed by atoms with Gasteiger partial charge in [0.15, 0.2) is 0 Å². The lowest BCUT2D eigenvalue weighted by Crippen LogP contribution is -2.39. The molecule has 7 nitrogen and oxygen atoms in total. The molecule has 2 aliphatic heterocycles. The standard InChI is InChI=1S/C30H33N5O2/c1-2-19-16-30(24-8-5-11-33-26(24)35-28(30)37)17-20(19)14-25(31)27(36)34-18-21-15-29(9-12-32-13-10-29)23-7-4-3-6-22(21)23/h2-8,11,14,21,31-32H,9-10,12-13,15-18H2,1H3,(H,34,36)(H,33,35,37)/b19-2-,20-14-,31-25?. The third kappa shape index (κ3) is 3.84. The molecular formula is C30H33N5O2. The molecule has 2 aromatic rings. The maximum absolute atomic E-state index is 13.0. The Balaban J connectivity index is 1.17. The van der Waals surface area contributed by atoms with E-state index in [-0.39, 0.29) is 28.9 Å². The molecule has 2 amide bonds. The number of carbonyl (C=O) groups excluding carboxylic acids is 2. The highest BCUT2D eigenvalue weighted by Gasteiger charge is 2.52. The summed E-state index contributed by atoms with van der Waals surface area (Å²) in [6.07, 6.45) is 9.60. The smallest absolute Gasteiger partial charge is 0.269 e. The molecule has 3 heterocycles. The fourth-order valence-electron chi connectivity index (χ4n) is 7.10. The number of hydrogen-bond donors (Lipinski definition) is 4. The van der Waals surface area contributed by atoms with Gasteiger partial charge in [-0.05, 0) is 91.9 Å². The fourth-order valence-corrected chi connectivity index (χ4v) is 7.10. The van der Waals surface area contributed by atoms with E-state index in [0.717, 1.165) is 49.1 Å². The summed E-state index contributed by atoms with van der Waals surface area (Å²) < 4.78 is 0. The van der Waals surface area contributed by atoms with Crippen LogP contribution in [-0.2, 0) is 20.4 Å². The van der Waals surface area contributed by atoms with Crippen molar-refractivity contribution in [3.8, 4) is 0 Å². The van der Waals surface area contributed by atoms with E-state index in [1.165, 1.54) is 11.1 Å². The molecule has 190 valence electrons. The zero-order valence-corrected chi connectivity index (χ0v) is 21.2. The van der Waals surface area contributed by atoms with Crippen molar-refractivity contribution in [2.24, 2.45) is 0 Å². The lowest BCUT2D eigenvalue weighted by molar-refractivity contribution is -0.120. The van der Waals surface area contributed by atoms with Crippen LogP contribution in [0.15, 0.2) is 65.9 Å². The quantitative estimate of drug-likeness (QED) is 0.483. The summed E-state index contributed by atoms with van der Waals surface area (Å²) >= 11 is 0. The van der Waals surface area contributed by atoms with Crippen molar-refractivity contribution in [2.45, 2.75) is 55.8 Å². The largest absolute Gasteiger partial charge is 0.350 e. The van der Waals surface area contributed by atoms with Crippen LogP contribution in [0.3, 0.4) is 0 Å². The summed E-state index contributed by atoms with van der Waals surface area (Å²) in [6.45, 7) is 4.52. The molecule has 37 heavy (non-hydrogen) atoms. The summed E-state index contributed by atoms with van der Waals surface area (Å²) in [6, 6.07) is 12.5. The van der Waals surface area contributed by atoms with Crippen molar-refractivity contribution in [2.75, 3.05) is 25.0 Å². The Hall–Kier alpha value is -3.58. The summed E-state index contributed by atoms with van der Waals surface area (Å²) in [4.78, 5) is 30.4. The van der Waals surface area contributed by atoms with E-state index in [0.29, 0.717) is 25.2 Å². The highest BCUT2D eigenvalue weighted by atomic mass is 16.2. The van der Waals surface area contributed by atoms with Gasteiger partial charge >= 0.3 is 0 Å². The number of fused-ring (bicyclic) bond motifs is 4. The molecule has 1 aromatic carbocycles. The van der Waals surface area contributed by atoms with Crippen LogP contribution in [0.4, 0.5) is 5.82 Å². The van der Waals surface area contributed by atoms with Gasteiger partial charge < -0.3 is 16.0 Å². The van der Waals surface area contributed by atoms with E-state index < -0.39 is 5.41 Å². The van der Waals surface area contributed by atoms with Gasteiger partial charge in [-0.3, -0.25) is 15.0 Å². The minimum Gasteiger partial charge on any atom is -0.350 e. The van der Waals surface area contributed by atoms with Crippen LogP contribution in [-0.4, -0.2) is 42.1 Å². The van der Waals surface area contributed by atoms with Crippen molar-refractivity contribution in [3.05, 3.63) is 82.6 Å². The van der Waals surface area contributed by atoms with Crippen LogP contribution in [0.25, 0.3) is 0 Å². The normalized spacial score (nSPS) is 27.5. The molecule has 1 saturated carbocycles. The molecule has 2 aliphatic carbocycles. The zero-order chi connectivity index (χ0) is 25.6. The van der Waals surface area contributed by atoms with Crippen LogP contribution >= 0.6 is 0 Å². The second kappa shape index (κ2) is 9.06. The summed E-state index contributed by atoms with van der Waals surface area (Å²) in [5, 5.41) is 18.0. The van der Waals surface area contributed by atoms with Crippen LogP contribution in [0.1, 0.15) is 61.6 Å². The third-order valence-corrected chi connectivity index (χ3v) is 8.98. The summed E-state index contributed by atoms with van der Waals surface area (Å²) in [5.41, 5.74) is 4.94. The van der Waals surface area contributed by atoms with Crippen molar-refractivity contribution in [1.29, 1.82) is 5.41 Å². The fraction of sp³-hybridized carbons (Fsp3) is 0.400. The lowest BCUT2D eigenvalue weighted by Gasteiger charge is -2.35. The van der Waals surface area contributed by atoms with Crippen LogP contribution in [0, 0.1) is 5.41 Å². The number of allylic oxidation sites excluding steroid dienone is 3. The second-order valence-corrected chi connectivity index (χ2v) is 10.9. The summed E-state index contributed by atoms with van der Waals surface area (Å²) in [7, 11) is 0. The number of carbonyl (C=O) groups is 2. The lowest BCUT2D eigenvalue weighted by atomic mass is 9.74. The number of nitrogens with zero attached hydrogens (tertiary/aromatic N) is 1. The average Bonchev–Trinajstić information content (AvgIpc) is 3.53. The summed E-state index contributed by atoms with van der Waals surface area (Å²) in [5.74, 6) is 0.434. The SMILES string of the molecule is C/C=C1/CC2(C/C1=C/C(=N)C(=O)NCC1CC3(CCNCC3)c3ccccc31)C(=O)Nc1ncccc12. The van der Waals surface area contributed by atoms with Crippen molar-refractivity contribution >= 4 is 23.3 Å². The number of aromatic nitrogens is 1. The molecule has 1 saturated heterocycles. The van der Waals surface area contributed by atoms with Crippen LogP contribution in [0.2, 0.25) is 0 Å².